The molecule has 0 bridgehead atoms. The van der Waals surface area contributed by atoms with E-state index >= 15 is 0 Å². The van der Waals surface area contributed by atoms with Gasteiger partial charge in [-0.2, -0.15) is 0 Å². The van der Waals surface area contributed by atoms with E-state index in [-0.39, 0.29) is 12.7 Å². The van der Waals surface area contributed by atoms with E-state index in [9.17, 15) is 9.90 Å². The van der Waals surface area contributed by atoms with Crippen LogP contribution in [-0.2, 0) is 15.1 Å². The summed E-state index contributed by atoms with van der Waals surface area (Å²) in [6.45, 7) is 2.03. The first-order valence-electron chi connectivity index (χ1n) is 6.49. The fourth-order valence-electron chi connectivity index (χ4n) is 2.24. The highest BCUT2D eigenvalue weighted by molar-refractivity contribution is 5.79. The Kier molecular flexibility index (Phi) is 4.15. The summed E-state index contributed by atoms with van der Waals surface area (Å²) < 4.78 is 5.75. The Balaban J connectivity index is 1.87. The predicted molar refractivity (Wildman–Crippen MR) is 69.2 cm³/mol. The smallest absolute Gasteiger partial charge is 0.133 e. The standard InChI is InChI=1S/C15H20O3/c1-15(17,12-5-3-2-4-6-12)11-18-14-9-7-13(16)8-10-14/h2-6,14,17H,7-11H2,1H3. The summed E-state index contributed by atoms with van der Waals surface area (Å²) >= 11 is 0. The van der Waals surface area contributed by atoms with Gasteiger partial charge in [-0.1, -0.05) is 30.3 Å². The molecule has 0 saturated heterocycles. The van der Waals surface area contributed by atoms with Gasteiger partial charge in [0.15, 0.2) is 0 Å². The lowest BCUT2D eigenvalue weighted by molar-refractivity contribution is -0.125. The molecule has 1 aromatic carbocycles. The van der Waals surface area contributed by atoms with Crippen LogP contribution in [0.5, 0.6) is 0 Å². The third-order valence-corrected chi connectivity index (χ3v) is 3.49. The van der Waals surface area contributed by atoms with Crippen LogP contribution in [0.25, 0.3) is 0 Å². The van der Waals surface area contributed by atoms with Crippen LogP contribution in [0, 0.1) is 0 Å². The zero-order valence-electron chi connectivity index (χ0n) is 10.8. The zero-order valence-corrected chi connectivity index (χ0v) is 10.8. The molecule has 0 radical (unpaired) electrons. The first-order chi connectivity index (χ1) is 8.58. The third-order valence-electron chi connectivity index (χ3n) is 3.49. The molecule has 3 heteroatoms. The molecule has 3 nitrogen and oxygen atoms in total. The van der Waals surface area contributed by atoms with Crippen molar-refractivity contribution in [2.24, 2.45) is 0 Å². The average Bonchev–Trinajstić information content (AvgIpc) is 2.39. The van der Waals surface area contributed by atoms with Crippen molar-refractivity contribution in [2.45, 2.75) is 44.3 Å². The van der Waals surface area contributed by atoms with E-state index in [1.54, 1.807) is 6.92 Å². The normalized spacial score (nSPS) is 20.7. The molecule has 2 rings (SSSR count). The number of benzene rings is 1. The molecule has 0 amide bonds. The van der Waals surface area contributed by atoms with Crippen molar-refractivity contribution < 1.29 is 14.6 Å². The van der Waals surface area contributed by atoms with Gasteiger partial charge in [0, 0.05) is 12.8 Å². The van der Waals surface area contributed by atoms with Crippen LogP contribution in [0.2, 0.25) is 0 Å². The van der Waals surface area contributed by atoms with Crippen LogP contribution in [0.3, 0.4) is 0 Å². The number of ketones is 1. The average molecular weight is 248 g/mol. The van der Waals surface area contributed by atoms with Gasteiger partial charge in [-0.25, -0.2) is 0 Å². The highest BCUT2D eigenvalue weighted by Gasteiger charge is 2.26. The predicted octanol–water partition coefficient (Wildman–Crippen LogP) is 2.42. The summed E-state index contributed by atoms with van der Waals surface area (Å²) in [6, 6.07) is 9.53. The van der Waals surface area contributed by atoms with Crippen LogP contribution in [0.1, 0.15) is 38.2 Å². The minimum atomic E-state index is -0.970. The molecule has 1 atom stereocenters. The summed E-state index contributed by atoms with van der Waals surface area (Å²) in [5, 5.41) is 10.4. The Morgan fingerprint density at radius 3 is 2.50 bits per heavy atom. The fraction of sp³-hybridized carbons (Fsp3) is 0.533. The van der Waals surface area contributed by atoms with Gasteiger partial charge in [0.2, 0.25) is 0 Å². The van der Waals surface area contributed by atoms with Gasteiger partial charge in [-0.3, -0.25) is 4.79 Å². The number of aliphatic hydroxyl groups is 1. The molecule has 18 heavy (non-hydrogen) atoms. The quantitative estimate of drug-likeness (QED) is 0.890. The van der Waals surface area contributed by atoms with E-state index in [0.29, 0.717) is 18.6 Å². The monoisotopic (exact) mass is 248 g/mol. The number of carbonyl (C=O) groups is 1. The molecule has 1 N–H and O–H groups in total. The maximum atomic E-state index is 11.1. The Morgan fingerprint density at radius 1 is 1.28 bits per heavy atom. The second-order valence-corrected chi connectivity index (χ2v) is 5.19. The van der Waals surface area contributed by atoms with Gasteiger partial charge in [-0.15, -0.1) is 0 Å². The minimum Gasteiger partial charge on any atom is -0.383 e. The van der Waals surface area contributed by atoms with Crippen LogP contribution < -0.4 is 0 Å². The Labute approximate surface area is 108 Å². The molecule has 1 aliphatic rings. The van der Waals surface area contributed by atoms with E-state index in [0.717, 1.165) is 18.4 Å². The van der Waals surface area contributed by atoms with E-state index in [4.69, 9.17) is 4.74 Å². The molecular weight excluding hydrogens is 228 g/mol. The van der Waals surface area contributed by atoms with E-state index in [1.807, 2.05) is 30.3 Å². The lowest BCUT2D eigenvalue weighted by atomic mass is 9.95. The second-order valence-electron chi connectivity index (χ2n) is 5.19. The fourth-order valence-corrected chi connectivity index (χ4v) is 2.24. The number of carbonyl (C=O) groups excluding carboxylic acids is 1. The maximum Gasteiger partial charge on any atom is 0.133 e. The summed E-state index contributed by atoms with van der Waals surface area (Å²) in [4.78, 5) is 11.1. The van der Waals surface area contributed by atoms with Crippen molar-refractivity contribution in [3.8, 4) is 0 Å². The third kappa shape index (κ3) is 3.40. The maximum absolute atomic E-state index is 11.1. The number of ether oxygens (including phenoxy) is 1. The minimum absolute atomic E-state index is 0.109. The van der Waals surface area contributed by atoms with Crippen molar-refractivity contribution in [1.29, 1.82) is 0 Å². The molecule has 1 unspecified atom stereocenters. The van der Waals surface area contributed by atoms with Crippen LogP contribution in [0.15, 0.2) is 30.3 Å². The van der Waals surface area contributed by atoms with Crippen molar-refractivity contribution in [1.82, 2.24) is 0 Å². The first kappa shape index (κ1) is 13.2. The van der Waals surface area contributed by atoms with Crippen molar-refractivity contribution in [3.05, 3.63) is 35.9 Å². The molecule has 98 valence electrons. The van der Waals surface area contributed by atoms with Crippen LogP contribution in [-0.4, -0.2) is 23.6 Å². The van der Waals surface area contributed by atoms with E-state index in [1.165, 1.54) is 0 Å². The molecule has 0 aliphatic heterocycles. The topological polar surface area (TPSA) is 46.5 Å². The van der Waals surface area contributed by atoms with Gasteiger partial charge >= 0.3 is 0 Å². The van der Waals surface area contributed by atoms with Gasteiger partial charge in [-0.05, 0) is 25.3 Å². The molecule has 1 saturated carbocycles. The number of rotatable bonds is 4. The van der Waals surface area contributed by atoms with Gasteiger partial charge in [0.05, 0.1) is 12.7 Å². The van der Waals surface area contributed by atoms with E-state index in [2.05, 4.69) is 0 Å². The number of hydrogen-bond acceptors (Lipinski definition) is 3. The highest BCUT2D eigenvalue weighted by atomic mass is 16.5. The van der Waals surface area contributed by atoms with Gasteiger partial charge < -0.3 is 9.84 Å². The molecule has 1 aromatic rings. The SMILES string of the molecule is CC(O)(COC1CCC(=O)CC1)c1ccccc1. The van der Waals surface area contributed by atoms with Gasteiger partial charge in [0.1, 0.15) is 11.4 Å². The molecule has 1 fully saturated rings. The lowest BCUT2D eigenvalue weighted by Gasteiger charge is -2.28. The molecular formula is C15H20O3. The number of Topliss-reactive ketones (excluding diaryl/α,β-unsaturated/α-hetero) is 1. The largest absolute Gasteiger partial charge is 0.383 e. The summed E-state index contributed by atoms with van der Waals surface area (Å²) in [5.74, 6) is 0.324. The van der Waals surface area contributed by atoms with Gasteiger partial charge in [0.25, 0.3) is 0 Å². The summed E-state index contributed by atoms with van der Waals surface area (Å²) in [5.41, 5.74) is -0.111. The second kappa shape index (κ2) is 5.63. The number of hydrogen-bond donors (Lipinski definition) is 1. The molecule has 0 heterocycles. The molecule has 0 spiro atoms. The summed E-state index contributed by atoms with van der Waals surface area (Å²) in [6.07, 6.45) is 2.89. The first-order valence-corrected chi connectivity index (χ1v) is 6.49. The Hall–Kier alpha value is -1.19. The lowest BCUT2D eigenvalue weighted by Crippen LogP contribution is -2.32. The zero-order chi connectivity index (χ0) is 13.0. The van der Waals surface area contributed by atoms with Crippen molar-refractivity contribution >= 4 is 5.78 Å². The molecule has 0 aromatic heterocycles. The van der Waals surface area contributed by atoms with Crippen molar-refractivity contribution in [2.75, 3.05) is 6.61 Å². The summed E-state index contributed by atoms with van der Waals surface area (Å²) in [7, 11) is 0. The molecule has 1 aliphatic carbocycles. The van der Waals surface area contributed by atoms with E-state index < -0.39 is 5.60 Å². The van der Waals surface area contributed by atoms with Crippen LogP contribution >= 0.6 is 0 Å². The van der Waals surface area contributed by atoms with Crippen LogP contribution in [0.4, 0.5) is 0 Å². The Morgan fingerprint density at radius 2 is 1.89 bits per heavy atom. The highest BCUT2D eigenvalue weighted by Crippen LogP contribution is 2.24. The Bertz CT molecular complexity index is 387. The van der Waals surface area contributed by atoms with Crippen molar-refractivity contribution in [3.63, 3.8) is 0 Å².